The third-order valence-corrected chi connectivity index (χ3v) is 4.12. The molecule has 0 amide bonds. The predicted molar refractivity (Wildman–Crippen MR) is 77.6 cm³/mol. The number of carbonyl (C=O) groups is 4. The highest BCUT2D eigenvalue weighted by atomic mass is 16.6. The first-order valence-electron chi connectivity index (χ1n) is 6.88. The SMILES string of the molecule is N#Cc1cc2c3c(c(C#N)c(C#N)c4c3c1C(=O)OC4=O)C(=O)OC2=O. The zero-order valence-corrected chi connectivity index (χ0v) is 12.4. The standard InChI is InChI=1S/C17HN3O6/c18-2-5-1-6-10-11(16(23)25-14(6)21)7(3-19)8(4-20)12-13(10)9(5)15(22)26-17(12)24/h1H. The largest absolute Gasteiger partial charge is 0.386 e. The molecule has 2 aliphatic rings. The molecule has 9 heteroatoms. The fraction of sp³-hybridized carbons (Fsp3) is 0. The number of hydrogen-bond donors (Lipinski definition) is 0. The van der Waals surface area contributed by atoms with Crippen LogP contribution in [0.2, 0.25) is 0 Å². The summed E-state index contributed by atoms with van der Waals surface area (Å²) >= 11 is 0. The number of esters is 4. The summed E-state index contributed by atoms with van der Waals surface area (Å²) in [6.07, 6.45) is 0. The van der Waals surface area contributed by atoms with Crippen molar-refractivity contribution in [1.29, 1.82) is 15.8 Å². The van der Waals surface area contributed by atoms with Crippen LogP contribution in [0.4, 0.5) is 0 Å². The Morgan fingerprint density at radius 2 is 1.15 bits per heavy atom. The van der Waals surface area contributed by atoms with Crippen LogP contribution in [0, 0.1) is 34.0 Å². The Morgan fingerprint density at radius 1 is 0.654 bits per heavy atom. The minimum Gasteiger partial charge on any atom is -0.386 e. The van der Waals surface area contributed by atoms with Crippen LogP contribution < -0.4 is 0 Å². The average Bonchev–Trinajstić information content (AvgIpc) is 2.62. The minimum absolute atomic E-state index is 0.184. The molecule has 0 spiro atoms. The van der Waals surface area contributed by atoms with Gasteiger partial charge in [-0.2, -0.15) is 15.8 Å². The second-order valence-corrected chi connectivity index (χ2v) is 5.29. The molecule has 0 bridgehead atoms. The Kier molecular flexibility index (Phi) is 2.73. The van der Waals surface area contributed by atoms with Crippen molar-refractivity contribution in [2.45, 2.75) is 0 Å². The number of carbonyl (C=O) groups excluding carboxylic acids is 4. The molecule has 2 aromatic carbocycles. The van der Waals surface area contributed by atoms with Crippen LogP contribution in [-0.2, 0) is 9.47 Å². The first-order chi connectivity index (χ1) is 12.4. The van der Waals surface area contributed by atoms with Gasteiger partial charge in [0.1, 0.15) is 18.2 Å². The van der Waals surface area contributed by atoms with E-state index in [1.807, 2.05) is 0 Å². The second kappa shape index (κ2) is 4.73. The Morgan fingerprint density at radius 3 is 1.69 bits per heavy atom. The molecule has 0 radical (unpaired) electrons. The van der Waals surface area contributed by atoms with Crippen LogP contribution in [0.5, 0.6) is 0 Å². The van der Waals surface area contributed by atoms with Crippen LogP contribution in [-0.4, -0.2) is 23.9 Å². The first-order valence-corrected chi connectivity index (χ1v) is 6.88. The van der Waals surface area contributed by atoms with E-state index in [1.54, 1.807) is 18.2 Å². The molecule has 2 heterocycles. The van der Waals surface area contributed by atoms with Gasteiger partial charge in [0, 0.05) is 10.8 Å². The van der Waals surface area contributed by atoms with E-state index >= 15 is 0 Å². The molecule has 0 aromatic heterocycles. The first kappa shape index (κ1) is 15.0. The summed E-state index contributed by atoms with van der Waals surface area (Å²) in [6, 6.07) is 6.02. The quantitative estimate of drug-likeness (QED) is 0.503. The lowest BCUT2D eigenvalue weighted by Gasteiger charge is -2.24. The van der Waals surface area contributed by atoms with Crippen molar-refractivity contribution in [3.8, 4) is 18.2 Å². The molecule has 9 nitrogen and oxygen atoms in total. The van der Waals surface area contributed by atoms with Gasteiger partial charge in [0.15, 0.2) is 0 Å². The molecule has 0 N–H and O–H groups in total. The third-order valence-electron chi connectivity index (χ3n) is 4.12. The highest BCUT2D eigenvalue weighted by molar-refractivity contribution is 6.31. The Bertz CT molecular complexity index is 1280. The summed E-state index contributed by atoms with van der Waals surface area (Å²) in [7, 11) is 0. The van der Waals surface area contributed by atoms with Gasteiger partial charge >= 0.3 is 23.9 Å². The second-order valence-electron chi connectivity index (χ2n) is 5.29. The fourth-order valence-corrected chi connectivity index (χ4v) is 3.16. The van der Waals surface area contributed by atoms with Gasteiger partial charge in [-0.3, -0.25) is 0 Å². The van der Waals surface area contributed by atoms with Crippen molar-refractivity contribution in [3.05, 3.63) is 45.0 Å². The van der Waals surface area contributed by atoms with E-state index in [9.17, 15) is 35.0 Å². The van der Waals surface area contributed by atoms with Crippen molar-refractivity contribution in [2.24, 2.45) is 0 Å². The number of cyclic esters (lactones) is 4. The van der Waals surface area contributed by atoms with Crippen molar-refractivity contribution in [3.63, 3.8) is 0 Å². The molecule has 0 fully saturated rings. The van der Waals surface area contributed by atoms with Gasteiger partial charge in [-0.1, -0.05) is 0 Å². The van der Waals surface area contributed by atoms with Crippen LogP contribution in [0.3, 0.4) is 0 Å². The maximum Gasteiger partial charge on any atom is 0.348 e. The van der Waals surface area contributed by atoms with E-state index in [2.05, 4.69) is 9.47 Å². The fourth-order valence-electron chi connectivity index (χ4n) is 3.16. The van der Waals surface area contributed by atoms with Gasteiger partial charge in [-0.15, -0.1) is 0 Å². The highest BCUT2D eigenvalue weighted by Gasteiger charge is 2.41. The summed E-state index contributed by atoms with van der Waals surface area (Å²) in [6.45, 7) is 0. The van der Waals surface area contributed by atoms with E-state index in [1.165, 1.54) is 0 Å². The van der Waals surface area contributed by atoms with Crippen molar-refractivity contribution in [1.82, 2.24) is 0 Å². The van der Waals surface area contributed by atoms with Gasteiger partial charge in [-0.25, -0.2) is 19.2 Å². The topological polar surface area (TPSA) is 158 Å². The van der Waals surface area contributed by atoms with Gasteiger partial charge in [0.2, 0.25) is 0 Å². The normalized spacial score (nSPS) is 14.2. The maximum atomic E-state index is 12.2. The number of nitrogens with zero attached hydrogens (tertiary/aromatic N) is 3. The molecule has 120 valence electrons. The van der Waals surface area contributed by atoms with E-state index in [0.29, 0.717) is 0 Å². The van der Waals surface area contributed by atoms with Gasteiger partial charge < -0.3 is 9.47 Å². The summed E-state index contributed by atoms with van der Waals surface area (Å²) in [5, 5.41) is 27.7. The summed E-state index contributed by atoms with van der Waals surface area (Å²) in [5.74, 6) is -4.66. The Hall–Kier alpha value is -4.55. The summed E-state index contributed by atoms with van der Waals surface area (Å²) in [5.41, 5.74) is -2.75. The summed E-state index contributed by atoms with van der Waals surface area (Å²) in [4.78, 5) is 48.7. The zero-order valence-electron chi connectivity index (χ0n) is 12.4. The lowest BCUT2D eigenvalue weighted by atomic mass is 9.82. The Labute approximate surface area is 143 Å². The highest BCUT2D eigenvalue weighted by Crippen LogP contribution is 2.41. The molecule has 0 aliphatic carbocycles. The molecular formula is C17HN3O6. The van der Waals surface area contributed by atoms with Crippen molar-refractivity contribution >= 4 is 34.6 Å². The number of ether oxygens (including phenoxy) is 2. The zero-order chi connectivity index (χ0) is 18.7. The summed E-state index contributed by atoms with van der Waals surface area (Å²) < 4.78 is 9.16. The monoisotopic (exact) mass is 343 g/mol. The van der Waals surface area contributed by atoms with E-state index in [0.717, 1.165) is 6.07 Å². The number of nitriles is 3. The average molecular weight is 343 g/mol. The molecule has 0 saturated heterocycles. The molecule has 2 aliphatic heterocycles. The Balaban J connectivity index is 2.47. The molecule has 4 rings (SSSR count). The van der Waals surface area contributed by atoms with Crippen molar-refractivity contribution in [2.75, 3.05) is 0 Å². The molecule has 26 heavy (non-hydrogen) atoms. The smallest absolute Gasteiger partial charge is 0.348 e. The van der Waals surface area contributed by atoms with Gasteiger partial charge in [0.05, 0.1) is 38.9 Å². The van der Waals surface area contributed by atoms with Gasteiger partial charge in [0.25, 0.3) is 0 Å². The van der Waals surface area contributed by atoms with Crippen LogP contribution in [0.25, 0.3) is 10.8 Å². The van der Waals surface area contributed by atoms with Gasteiger partial charge in [-0.05, 0) is 6.07 Å². The number of benzene rings is 2. The lowest BCUT2D eigenvalue weighted by Crippen LogP contribution is -2.28. The number of rotatable bonds is 0. The minimum atomic E-state index is -1.21. The molecular weight excluding hydrogens is 342 g/mol. The molecule has 2 aromatic rings. The van der Waals surface area contributed by atoms with Crippen LogP contribution in [0.15, 0.2) is 6.07 Å². The molecule has 0 atom stereocenters. The predicted octanol–water partition coefficient (Wildman–Crippen LogP) is 1.08. The number of hydrogen-bond acceptors (Lipinski definition) is 9. The van der Waals surface area contributed by atoms with Crippen LogP contribution in [0.1, 0.15) is 58.1 Å². The van der Waals surface area contributed by atoms with Crippen molar-refractivity contribution < 1.29 is 28.7 Å². The van der Waals surface area contributed by atoms with E-state index in [-0.39, 0.29) is 27.5 Å². The molecule has 0 saturated carbocycles. The lowest BCUT2D eigenvalue weighted by molar-refractivity contribution is 0.0365. The molecule has 0 unspecified atom stereocenters. The van der Waals surface area contributed by atoms with E-state index < -0.39 is 46.1 Å². The maximum absolute atomic E-state index is 12.2. The van der Waals surface area contributed by atoms with E-state index in [4.69, 9.17) is 0 Å². The third kappa shape index (κ3) is 1.55. The van der Waals surface area contributed by atoms with Crippen LogP contribution >= 0.6 is 0 Å².